The van der Waals surface area contributed by atoms with Crippen molar-refractivity contribution in [3.63, 3.8) is 0 Å². The van der Waals surface area contributed by atoms with Crippen LogP contribution in [0.5, 0.6) is 0 Å². The Labute approximate surface area is 197 Å². The van der Waals surface area contributed by atoms with E-state index >= 15 is 0 Å². The average molecular weight is 467 g/mol. The number of piperazine rings is 1. The normalized spacial score (nSPS) is 35.0. The lowest BCUT2D eigenvalue weighted by atomic mass is 9.90. The number of aliphatic hydroxyl groups is 2. The van der Waals surface area contributed by atoms with Crippen molar-refractivity contribution in [2.45, 2.75) is 95.5 Å². The highest BCUT2D eigenvalue weighted by atomic mass is 16.6. The summed E-state index contributed by atoms with van der Waals surface area (Å²) in [5.41, 5.74) is -1.36. The van der Waals surface area contributed by atoms with E-state index < -0.39 is 29.9 Å². The second kappa shape index (κ2) is 12.2. The van der Waals surface area contributed by atoms with Gasteiger partial charge >= 0.3 is 12.1 Å². The number of ether oxygens (including phenoxy) is 2. The zero-order chi connectivity index (χ0) is 23.8. The lowest BCUT2D eigenvalue weighted by Gasteiger charge is -2.40. The summed E-state index contributed by atoms with van der Waals surface area (Å²) in [5.74, 6) is -0.556. The maximum absolute atomic E-state index is 13.0. The summed E-state index contributed by atoms with van der Waals surface area (Å²) in [6.45, 7) is 6.62. The fourth-order valence-electron chi connectivity index (χ4n) is 4.97. The van der Waals surface area contributed by atoms with Gasteiger partial charge < -0.3 is 24.6 Å². The zero-order valence-electron chi connectivity index (χ0n) is 20.3. The number of aliphatic hydroxyl groups excluding tert-OH is 1. The first-order valence-corrected chi connectivity index (χ1v) is 12.7. The van der Waals surface area contributed by atoms with Crippen LogP contribution in [0.25, 0.3) is 0 Å². The number of hydrogen-bond acceptors (Lipinski definition) is 7. The number of carbonyl (C=O) groups is 2. The first-order chi connectivity index (χ1) is 15.7. The van der Waals surface area contributed by atoms with Crippen LogP contribution in [-0.4, -0.2) is 88.7 Å². The van der Waals surface area contributed by atoms with Crippen LogP contribution in [0.1, 0.15) is 71.6 Å². The monoisotopic (exact) mass is 466 g/mol. The lowest BCUT2D eigenvalue weighted by Crippen LogP contribution is -2.53. The van der Waals surface area contributed by atoms with E-state index in [-0.39, 0.29) is 31.8 Å². The van der Waals surface area contributed by atoms with Crippen molar-refractivity contribution in [1.82, 2.24) is 9.80 Å². The maximum Gasteiger partial charge on any atom is 0.410 e. The largest absolute Gasteiger partial charge is 0.465 e. The molecule has 0 aromatic carbocycles. The van der Waals surface area contributed by atoms with Crippen molar-refractivity contribution >= 4 is 12.1 Å². The third-order valence-corrected chi connectivity index (χ3v) is 7.26. The van der Waals surface area contributed by atoms with E-state index in [0.717, 1.165) is 13.1 Å². The van der Waals surface area contributed by atoms with Gasteiger partial charge in [-0.05, 0) is 38.7 Å². The van der Waals surface area contributed by atoms with E-state index in [0.29, 0.717) is 19.1 Å². The third-order valence-electron chi connectivity index (χ3n) is 7.26. The van der Waals surface area contributed by atoms with E-state index in [1.54, 1.807) is 17.9 Å². The molecule has 2 aliphatic heterocycles. The maximum atomic E-state index is 13.0. The first kappa shape index (κ1) is 26.0. The predicted molar refractivity (Wildman–Crippen MR) is 125 cm³/mol. The lowest BCUT2D eigenvalue weighted by molar-refractivity contribution is -0.147. The van der Waals surface area contributed by atoms with Crippen molar-refractivity contribution < 1.29 is 29.3 Å². The molecule has 0 bridgehead atoms. The van der Waals surface area contributed by atoms with Crippen LogP contribution in [0.2, 0.25) is 0 Å². The summed E-state index contributed by atoms with van der Waals surface area (Å²) < 4.78 is 11.0. The van der Waals surface area contributed by atoms with Gasteiger partial charge in [0.15, 0.2) is 6.10 Å². The Morgan fingerprint density at radius 2 is 1.76 bits per heavy atom. The van der Waals surface area contributed by atoms with Gasteiger partial charge in [0.25, 0.3) is 0 Å². The molecule has 3 rings (SSSR count). The predicted octanol–water partition coefficient (Wildman–Crippen LogP) is 2.86. The van der Waals surface area contributed by atoms with E-state index in [9.17, 15) is 19.8 Å². The molecule has 0 unspecified atom stereocenters. The minimum Gasteiger partial charge on any atom is -0.465 e. The highest BCUT2D eigenvalue weighted by Crippen LogP contribution is 2.26. The van der Waals surface area contributed by atoms with Crippen molar-refractivity contribution in [1.29, 1.82) is 0 Å². The summed E-state index contributed by atoms with van der Waals surface area (Å²) in [5, 5.41) is 21.2. The van der Waals surface area contributed by atoms with Gasteiger partial charge in [-0.15, -0.1) is 0 Å². The first-order valence-electron chi connectivity index (χ1n) is 12.7. The number of hydrogen-bond donors (Lipinski definition) is 2. The smallest absolute Gasteiger partial charge is 0.410 e. The van der Waals surface area contributed by atoms with Crippen molar-refractivity contribution in [3.05, 3.63) is 12.2 Å². The molecule has 8 nitrogen and oxygen atoms in total. The van der Waals surface area contributed by atoms with E-state index in [1.807, 2.05) is 13.0 Å². The Morgan fingerprint density at radius 3 is 2.42 bits per heavy atom. The van der Waals surface area contributed by atoms with Gasteiger partial charge in [-0.25, -0.2) is 4.79 Å². The molecule has 2 heterocycles. The molecular formula is C25H42N2O6. The molecule has 188 valence electrons. The summed E-state index contributed by atoms with van der Waals surface area (Å²) >= 11 is 0. The zero-order valence-corrected chi connectivity index (χ0v) is 20.3. The number of nitrogens with zero attached hydrogens (tertiary/aromatic N) is 2. The van der Waals surface area contributed by atoms with Gasteiger partial charge in [-0.3, -0.25) is 9.69 Å². The highest BCUT2D eigenvalue weighted by Gasteiger charge is 2.36. The van der Waals surface area contributed by atoms with Crippen molar-refractivity contribution in [3.8, 4) is 0 Å². The molecule has 3 aliphatic rings. The van der Waals surface area contributed by atoms with Crippen LogP contribution in [0, 0.1) is 5.92 Å². The van der Waals surface area contributed by atoms with Gasteiger partial charge in [0.05, 0.1) is 19.1 Å². The summed E-state index contributed by atoms with van der Waals surface area (Å²) in [7, 11) is 0. The average Bonchev–Trinajstić information content (AvgIpc) is 3.08. The molecule has 4 atom stereocenters. The molecule has 33 heavy (non-hydrogen) atoms. The Bertz CT molecular complexity index is 666. The summed E-state index contributed by atoms with van der Waals surface area (Å²) in [6.07, 6.45) is 9.35. The minimum absolute atomic E-state index is 0.106. The number of rotatable bonds is 2. The summed E-state index contributed by atoms with van der Waals surface area (Å²) in [6, 6.07) is 0.627. The number of cyclic esters (lactones) is 1. The van der Waals surface area contributed by atoms with Crippen LogP contribution in [0.4, 0.5) is 4.79 Å². The number of amides is 1. The Hall–Kier alpha value is -1.64. The Kier molecular flexibility index (Phi) is 9.58. The molecule has 0 spiro atoms. The van der Waals surface area contributed by atoms with Crippen LogP contribution < -0.4 is 0 Å². The van der Waals surface area contributed by atoms with Gasteiger partial charge in [-0.2, -0.15) is 0 Å². The molecule has 2 N–H and O–H groups in total. The Morgan fingerprint density at radius 1 is 1.09 bits per heavy atom. The van der Waals surface area contributed by atoms with Crippen LogP contribution in [-0.2, 0) is 14.3 Å². The SMILES string of the molecule is C[C@H]1/C=C/[C@H](OC(=O)N2CCN(C3CCCCCC3)CC2)[C@](C)(O)CC[C@@H](O)CC(=O)OC1. The van der Waals surface area contributed by atoms with Gasteiger partial charge in [0.2, 0.25) is 0 Å². The Balaban J connectivity index is 1.59. The molecular weight excluding hydrogens is 424 g/mol. The van der Waals surface area contributed by atoms with E-state index in [1.165, 1.54) is 38.5 Å². The molecule has 8 heteroatoms. The second-order valence-corrected chi connectivity index (χ2v) is 10.3. The standard InChI is InChI=1S/C25H42N2O6/c1-19-9-10-22(25(2,31)12-11-21(28)17-23(29)32-18-19)33-24(30)27-15-13-26(14-16-27)20-7-5-3-4-6-8-20/h9-10,19-22,28,31H,3-8,11-18H2,1-2H3/b10-9+/t19-,21+,22-,25+/m0/s1. The number of esters is 1. The number of carbonyl (C=O) groups excluding carboxylic acids is 2. The van der Waals surface area contributed by atoms with Crippen LogP contribution in [0.15, 0.2) is 12.2 Å². The molecule has 1 saturated heterocycles. The van der Waals surface area contributed by atoms with Gasteiger partial charge in [0, 0.05) is 38.1 Å². The van der Waals surface area contributed by atoms with Crippen LogP contribution >= 0.6 is 0 Å². The van der Waals surface area contributed by atoms with Crippen molar-refractivity contribution in [2.24, 2.45) is 5.92 Å². The second-order valence-electron chi connectivity index (χ2n) is 10.3. The fraction of sp³-hybridized carbons (Fsp3) is 0.840. The third kappa shape index (κ3) is 7.97. The minimum atomic E-state index is -1.36. The fourth-order valence-corrected chi connectivity index (χ4v) is 4.97. The summed E-state index contributed by atoms with van der Waals surface area (Å²) in [4.78, 5) is 29.0. The molecule has 0 radical (unpaired) electrons. The van der Waals surface area contributed by atoms with Gasteiger partial charge in [-0.1, -0.05) is 38.7 Å². The van der Waals surface area contributed by atoms with Gasteiger partial charge in [0.1, 0.15) is 5.60 Å². The topological polar surface area (TPSA) is 99.5 Å². The molecule has 0 aromatic rings. The van der Waals surface area contributed by atoms with Crippen molar-refractivity contribution in [2.75, 3.05) is 32.8 Å². The van der Waals surface area contributed by atoms with E-state index in [2.05, 4.69) is 4.90 Å². The molecule has 0 aromatic heterocycles. The quantitative estimate of drug-likeness (QED) is 0.367. The molecule has 1 amide bonds. The molecule has 2 fully saturated rings. The van der Waals surface area contributed by atoms with Crippen LogP contribution in [0.3, 0.4) is 0 Å². The highest BCUT2D eigenvalue weighted by molar-refractivity contribution is 5.70. The molecule has 1 saturated carbocycles. The molecule has 1 aliphatic carbocycles. The van der Waals surface area contributed by atoms with E-state index in [4.69, 9.17) is 9.47 Å².